The fraction of sp³-hybridized carbons (Fsp3) is 0.500. The molecule has 0 fully saturated rings. The SMILES string of the molecule is CNCCCS(=O)(=O)Nc1ccc2c(c1)OCCO2. The van der Waals surface area contributed by atoms with Crippen LogP contribution in [0.4, 0.5) is 5.69 Å². The number of nitrogens with one attached hydrogen (secondary N) is 2. The largest absolute Gasteiger partial charge is 0.486 e. The fourth-order valence-corrected chi connectivity index (χ4v) is 2.89. The van der Waals surface area contributed by atoms with Gasteiger partial charge in [0.25, 0.3) is 0 Å². The molecule has 0 saturated heterocycles. The fourth-order valence-electron chi connectivity index (χ4n) is 1.78. The number of hydrogen-bond donors (Lipinski definition) is 2. The highest BCUT2D eigenvalue weighted by Gasteiger charge is 2.14. The van der Waals surface area contributed by atoms with Gasteiger partial charge in [0, 0.05) is 6.07 Å². The summed E-state index contributed by atoms with van der Waals surface area (Å²) < 4.78 is 37.0. The summed E-state index contributed by atoms with van der Waals surface area (Å²) in [5.41, 5.74) is 0.494. The Kier molecular flexibility index (Phi) is 4.49. The van der Waals surface area contributed by atoms with E-state index in [1.165, 1.54) is 0 Å². The van der Waals surface area contributed by atoms with Crippen LogP contribution in [0.3, 0.4) is 0 Å². The van der Waals surface area contributed by atoms with Gasteiger partial charge in [-0.2, -0.15) is 0 Å². The quantitative estimate of drug-likeness (QED) is 0.757. The Hall–Kier alpha value is -1.47. The molecule has 0 amide bonds. The van der Waals surface area contributed by atoms with Gasteiger partial charge < -0.3 is 14.8 Å². The molecule has 2 N–H and O–H groups in total. The highest BCUT2D eigenvalue weighted by atomic mass is 32.2. The third-order valence-corrected chi connectivity index (χ3v) is 4.03. The number of sulfonamides is 1. The Balaban J connectivity index is 2.02. The van der Waals surface area contributed by atoms with Gasteiger partial charge in [0.2, 0.25) is 10.0 Å². The molecule has 19 heavy (non-hydrogen) atoms. The normalized spacial score (nSPS) is 14.2. The molecule has 1 heterocycles. The third kappa shape index (κ3) is 4.00. The van der Waals surface area contributed by atoms with Crippen molar-refractivity contribution in [3.63, 3.8) is 0 Å². The van der Waals surface area contributed by atoms with Crippen molar-refractivity contribution in [2.24, 2.45) is 0 Å². The minimum Gasteiger partial charge on any atom is -0.486 e. The highest BCUT2D eigenvalue weighted by Crippen LogP contribution is 2.32. The summed E-state index contributed by atoms with van der Waals surface area (Å²) >= 11 is 0. The number of anilines is 1. The van der Waals surface area contributed by atoms with Gasteiger partial charge in [0.05, 0.1) is 11.4 Å². The van der Waals surface area contributed by atoms with E-state index in [0.717, 1.165) is 0 Å². The van der Waals surface area contributed by atoms with E-state index < -0.39 is 10.0 Å². The molecule has 7 heteroatoms. The van der Waals surface area contributed by atoms with Gasteiger partial charge in [-0.05, 0) is 32.1 Å². The van der Waals surface area contributed by atoms with Gasteiger partial charge in [0.1, 0.15) is 13.2 Å². The van der Waals surface area contributed by atoms with E-state index in [4.69, 9.17) is 9.47 Å². The van der Waals surface area contributed by atoms with Crippen LogP contribution in [-0.4, -0.2) is 41.0 Å². The van der Waals surface area contributed by atoms with E-state index >= 15 is 0 Å². The van der Waals surface area contributed by atoms with E-state index in [2.05, 4.69) is 10.0 Å². The predicted molar refractivity (Wildman–Crippen MR) is 73.4 cm³/mol. The molecule has 1 aliphatic heterocycles. The first-order chi connectivity index (χ1) is 9.11. The van der Waals surface area contributed by atoms with Crippen molar-refractivity contribution in [1.82, 2.24) is 5.32 Å². The van der Waals surface area contributed by atoms with Crippen LogP contribution in [0.2, 0.25) is 0 Å². The van der Waals surface area contributed by atoms with Crippen molar-refractivity contribution in [2.45, 2.75) is 6.42 Å². The molecule has 0 radical (unpaired) electrons. The maximum Gasteiger partial charge on any atom is 0.232 e. The van der Waals surface area contributed by atoms with Crippen LogP contribution in [0.15, 0.2) is 18.2 Å². The van der Waals surface area contributed by atoms with E-state index in [0.29, 0.717) is 43.4 Å². The maximum atomic E-state index is 11.8. The lowest BCUT2D eigenvalue weighted by molar-refractivity contribution is 0.171. The molecule has 1 aromatic rings. The van der Waals surface area contributed by atoms with Crippen LogP contribution in [0.25, 0.3) is 0 Å². The van der Waals surface area contributed by atoms with Gasteiger partial charge in [-0.25, -0.2) is 8.42 Å². The number of benzene rings is 1. The van der Waals surface area contributed by atoms with Crippen molar-refractivity contribution in [3.8, 4) is 11.5 Å². The Labute approximate surface area is 113 Å². The van der Waals surface area contributed by atoms with E-state index in [1.54, 1.807) is 25.2 Å². The number of rotatable bonds is 6. The summed E-state index contributed by atoms with van der Waals surface area (Å²) in [5.74, 6) is 1.30. The lowest BCUT2D eigenvalue weighted by Gasteiger charge is -2.19. The molecule has 106 valence electrons. The van der Waals surface area contributed by atoms with Crippen molar-refractivity contribution < 1.29 is 17.9 Å². The molecular weight excluding hydrogens is 268 g/mol. The summed E-state index contributed by atoms with van der Waals surface area (Å²) in [5, 5.41) is 2.92. The predicted octanol–water partition coefficient (Wildman–Crippen LogP) is 0.809. The van der Waals surface area contributed by atoms with Crippen LogP contribution < -0.4 is 19.5 Å². The second-order valence-corrected chi connectivity index (χ2v) is 6.08. The number of hydrogen-bond acceptors (Lipinski definition) is 5. The Bertz CT molecular complexity index is 531. The molecule has 1 aliphatic rings. The van der Waals surface area contributed by atoms with E-state index in [1.807, 2.05) is 0 Å². The van der Waals surface area contributed by atoms with Crippen molar-refractivity contribution in [3.05, 3.63) is 18.2 Å². The van der Waals surface area contributed by atoms with Gasteiger partial charge in [-0.1, -0.05) is 0 Å². The standard InChI is InChI=1S/C12H18N2O4S/c1-13-5-2-8-19(15,16)14-10-3-4-11-12(9-10)18-7-6-17-11/h3-4,9,13-14H,2,5-8H2,1H3. The average Bonchev–Trinajstić information content (AvgIpc) is 2.38. The zero-order chi connectivity index (χ0) is 13.7. The monoisotopic (exact) mass is 286 g/mol. The minimum absolute atomic E-state index is 0.0856. The lowest BCUT2D eigenvalue weighted by atomic mass is 10.3. The Morgan fingerprint density at radius 3 is 2.68 bits per heavy atom. The number of ether oxygens (including phenoxy) is 2. The summed E-state index contributed by atoms with van der Waals surface area (Å²) in [7, 11) is -1.53. The van der Waals surface area contributed by atoms with Crippen molar-refractivity contribution in [2.75, 3.05) is 37.3 Å². The lowest BCUT2D eigenvalue weighted by Crippen LogP contribution is -2.20. The molecule has 1 aromatic carbocycles. The van der Waals surface area contributed by atoms with Gasteiger partial charge in [-0.15, -0.1) is 0 Å². The molecule has 0 aliphatic carbocycles. The van der Waals surface area contributed by atoms with Crippen LogP contribution >= 0.6 is 0 Å². The summed E-state index contributed by atoms with van der Waals surface area (Å²) in [4.78, 5) is 0. The second-order valence-electron chi connectivity index (χ2n) is 4.24. The zero-order valence-corrected chi connectivity index (χ0v) is 11.6. The molecule has 6 nitrogen and oxygen atoms in total. The molecule has 0 aromatic heterocycles. The van der Waals surface area contributed by atoms with Crippen LogP contribution in [0, 0.1) is 0 Å². The van der Waals surface area contributed by atoms with Crippen LogP contribution in [0.5, 0.6) is 11.5 Å². The average molecular weight is 286 g/mol. The first kappa shape index (κ1) is 14.0. The van der Waals surface area contributed by atoms with Crippen molar-refractivity contribution >= 4 is 15.7 Å². The third-order valence-electron chi connectivity index (χ3n) is 2.66. The van der Waals surface area contributed by atoms with Crippen molar-refractivity contribution in [1.29, 1.82) is 0 Å². The highest BCUT2D eigenvalue weighted by molar-refractivity contribution is 7.92. The van der Waals surface area contributed by atoms with E-state index in [-0.39, 0.29) is 5.75 Å². The topological polar surface area (TPSA) is 76.7 Å². The molecule has 0 atom stereocenters. The first-order valence-corrected chi connectivity index (χ1v) is 7.81. The molecular formula is C12H18N2O4S. The molecule has 0 saturated carbocycles. The summed E-state index contributed by atoms with van der Waals surface area (Å²) in [6.07, 6.45) is 0.566. The smallest absolute Gasteiger partial charge is 0.232 e. The maximum absolute atomic E-state index is 11.8. The molecule has 2 rings (SSSR count). The summed E-state index contributed by atoms with van der Waals surface area (Å²) in [6.45, 7) is 1.66. The zero-order valence-electron chi connectivity index (χ0n) is 10.8. The minimum atomic E-state index is -3.32. The van der Waals surface area contributed by atoms with Gasteiger partial charge in [0.15, 0.2) is 11.5 Å². The Morgan fingerprint density at radius 1 is 1.21 bits per heavy atom. The first-order valence-electron chi connectivity index (χ1n) is 6.15. The van der Waals surface area contributed by atoms with E-state index in [9.17, 15) is 8.42 Å². The van der Waals surface area contributed by atoms with Crippen LogP contribution in [-0.2, 0) is 10.0 Å². The van der Waals surface area contributed by atoms with Gasteiger partial charge >= 0.3 is 0 Å². The molecule has 0 unspecified atom stereocenters. The number of fused-ring (bicyclic) bond motifs is 1. The molecule has 0 bridgehead atoms. The van der Waals surface area contributed by atoms with Crippen LogP contribution in [0.1, 0.15) is 6.42 Å². The molecule has 0 spiro atoms. The van der Waals surface area contributed by atoms with Gasteiger partial charge in [-0.3, -0.25) is 4.72 Å². The summed E-state index contributed by atoms with van der Waals surface area (Å²) in [6, 6.07) is 5.02. The Morgan fingerprint density at radius 2 is 1.95 bits per heavy atom. The second kappa shape index (κ2) is 6.12.